The van der Waals surface area contributed by atoms with Crippen molar-refractivity contribution < 1.29 is 0 Å². The van der Waals surface area contributed by atoms with Gasteiger partial charge in [0.15, 0.2) is 0 Å². The second-order valence-corrected chi connectivity index (χ2v) is 5.43. The van der Waals surface area contributed by atoms with E-state index in [9.17, 15) is 0 Å². The van der Waals surface area contributed by atoms with Gasteiger partial charge in [0.2, 0.25) is 0 Å². The van der Waals surface area contributed by atoms with Crippen molar-refractivity contribution in [1.82, 2.24) is 0 Å². The second kappa shape index (κ2) is 6.61. The minimum atomic E-state index is 1.23. The zero-order valence-corrected chi connectivity index (χ0v) is 11.3. The first-order valence-electron chi connectivity index (χ1n) is 6.53. The van der Waals surface area contributed by atoms with Crippen molar-refractivity contribution in [3.63, 3.8) is 0 Å². The third-order valence-electron chi connectivity index (χ3n) is 3.08. The molecule has 0 saturated carbocycles. The van der Waals surface area contributed by atoms with Gasteiger partial charge in [0, 0.05) is 4.88 Å². The van der Waals surface area contributed by atoms with E-state index in [4.69, 9.17) is 0 Å². The largest absolute Gasteiger partial charge is 0.144 e. The van der Waals surface area contributed by atoms with Gasteiger partial charge in [-0.15, -0.1) is 11.3 Å². The van der Waals surface area contributed by atoms with E-state index >= 15 is 0 Å². The monoisotopic (exact) mass is 244 g/mol. The Morgan fingerprint density at radius 3 is 2.41 bits per heavy atom. The van der Waals surface area contributed by atoms with Gasteiger partial charge in [0.1, 0.15) is 0 Å². The lowest BCUT2D eigenvalue weighted by atomic mass is 10.0. The van der Waals surface area contributed by atoms with Gasteiger partial charge in [-0.25, -0.2) is 0 Å². The SMILES string of the molecule is CCCCCCc1ccc(-c2cccs2)cc1. The summed E-state index contributed by atoms with van der Waals surface area (Å²) in [4.78, 5) is 1.36. The highest BCUT2D eigenvalue weighted by atomic mass is 32.1. The molecule has 0 aliphatic carbocycles. The Labute approximate surface area is 108 Å². The van der Waals surface area contributed by atoms with Crippen molar-refractivity contribution in [2.45, 2.75) is 39.0 Å². The van der Waals surface area contributed by atoms with Crippen LogP contribution in [0.3, 0.4) is 0 Å². The highest BCUT2D eigenvalue weighted by Gasteiger charge is 1.98. The maximum absolute atomic E-state index is 2.28. The number of benzene rings is 1. The van der Waals surface area contributed by atoms with Gasteiger partial charge in [0.05, 0.1) is 0 Å². The Bertz CT molecular complexity index is 411. The van der Waals surface area contributed by atoms with Crippen LogP contribution in [0.15, 0.2) is 41.8 Å². The van der Waals surface area contributed by atoms with Crippen LogP contribution in [0, 0.1) is 0 Å². The number of rotatable bonds is 6. The molecule has 90 valence electrons. The zero-order chi connectivity index (χ0) is 11.9. The van der Waals surface area contributed by atoms with Crippen LogP contribution in [0.1, 0.15) is 38.2 Å². The van der Waals surface area contributed by atoms with Crippen molar-refractivity contribution >= 4 is 11.3 Å². The van der Waals surface area contributed by atoms with E-state index in [2.05, 4.69) is 48.7 Å². The van der Waals surface area contributed by atoms with Gasteiger partial charge < -0.3 is 0 Å². The molecule has 0 spiro atoms. The van der Waals surface area contributed by atoms with E-state index < -0.39 is 0 Å². The van der Waals surface area contributed by atoms with E-state index in [-0.39, 0.29) is 0 Å². The molecule has 0 unspecified atom stereocenters. The number of hydrogen-bond donors (Lipinski definition) is 0. The molecule has 0 radical (unpaired) electrons. The van der Waals surface area contributed by atoms with Gasteiger partial charge in [-0.1, -0.05) is 56.5 Å². The van der Waals surface area contributed by atoms with Crippen LogP contribution in [0.2, 0.25) is 0 Å². The molecule has 0 bridgehead atoms. The van der Waals surface area contributed by atoms with Crippen LogP contribution in [0.5, 0.6) is 0 Å². The van der Waals surface area contributed by atoms with Crippen LogP contribution in [-0.4, -0.2) is 0 Å². The fourth-order valence-electron chi connectivity index (χ4n) is 2.03. The normalized spacial score (nSPS) is 10.6. The van der Waals surface area contributed by atoms with Crippen molar-refractivity contribution in [2.75, 3.05) is 0 Å². The first-order chi connectivity index (χ1) is 8.40. The maximum Gasteiger partial charge on any atom is 0.0342 e. The maximum atomic E-state index is 2.28. The molecule has 0 fully saturated rings. The second-order valence-electron chi connectivity index (χ2n) is 4.48. The van der Waals surface area contributed by atoms with Crippen LogP contribution in [0.4, 0.5) is 0 Å². The highest BCUT2D eigenvalue weighted by molar-refractivity contribution is 7.13. The van der Waals surface area contributed by atoms with Gasteiger partial charge in [-0.3, -0.25) is 0 Å². The quantitative estimate of drug-likeness (QED) is 0.585. The van der Waals surface area contributed by atoms with E-state index in [1.807, 2.05) is 0 Å². The van der Waals surface area contributed by atoms with Crippen molar-refractivity contribution in [1.29, 1.82) is 0 Å². The topological polar surface area (TPSA) is 0 Å². The van der Waals surface area contributed by atoms with Crippen molar-refractivity contribution in [3.8, 4) is 10.4 Å². The van der Waals surface area contributed by atoms with Crippen molar-refractivity contribution in [2.24, 2.45) is 0 Å². The van der Waals surface area contributed by atoms with Gasteiger partial charge in [-0.05, 0) is 35.4 Å². The average Bonchev–Trinajstić information content (AvgIpc) is 2.89. The summed E-state index contributed by atoms with van der Waals surface area (Å²) in [7, 11) is 0. The minimum Gasteiger partial charge on any atom is -0.144 e. The minimum absolute atomic E-state index is 1.23. The molecule has 0 atom stereocenters. The molecule has 0 amide bonds. The number of unbranched alkanes of at least 4 members (excludes halogenated alkanes) is 3. The Morgan fingerprint density at radius 1 is 0.941 bits per heavy atom. The van der Waals surface area contributed by atoms with Crippen molar-refractivity contribution in [3.05, 3.63) is 47.3 Å². The van der Waals surface area contributed by atoms with E-state index in [0.29, 0.717) is 0 Å². The fourth-order valence-corrected chi connectivity index (χ4v) is 2.77. The average molecular weight is 244 g/mol. The molecule has 0 aliphatic heterocycles. The van der Waals surface area contributed by atoms with Gasteiger partial charge in [-0.2, -0.15) is 0 Å². The first kappa shape index (κ1) is 12.4. The lowest BCUT2D eigenvalue weighted by Gasteiger charge is -2.03. The number of hydrogen-bond acceptors (Lipinski definition) is 1. The number of thiophene rings is 1. The van der Waals surface area contributed by atoms with E-state index in [1.54, 1.807) is 11.3 Å². The third-order valence-corrected chi connectivity index (χ3v) is 4.00. The molecular formula is C16H20S. The Balaban J connectivity index is 1.90. The molecule has 2 rings (SSSR count). The molecule has 1 heterocycles. The molecular weight excluding hydrogens is 224 g/mol. The van der Waals surface area contributed by atoms with Crippen LogP contribution in [-0.2, 0) is 6.42 Å². The Hall–Kier alpha value is -1.08. The summed E-state index contributed by atoms with van der Waals surface area (Å²) >= 11 is 1.81. The summed E-state index contributed by atoms with van der Waals surface area (Å²) in [5.74, 6) is 0. The predicted octanol–water partition coefficient (Wildman–Crippen LogP) is 5.54. The molecule has 1 aromatic carbocycles. The predicted molar refractivity (Wildman–Crippen MR) is 77.6 cm³/mol. The molecule has 1 aromatic heterocycles. The lowest BCUT2D eigenvalue weighted by Crippen LogP contribution is -1.85. The summed E-state index contributed by atoms with van der Waals surface area (Å²) < 4.78 is 0. The molecule has 0 aliphatic rings. The lowest BCUT2D eigenvalue weighted by molar-refractivity contribution is 0.667. The van der Waals surface area contributed by atoms with Crippen LogP contribution in [0.25, 0.3) is 10.4 Å². The van der Waals surface area contributed by atoms with Crippen LogP contribution < -0.4 is 0 Å². The fraction of sp³-hybridized carbons (Fsp3) is 0.375. The highest BCUT2D eigenvalue weighted by Crippen LogP contribution is 2.24. The van der Waals surface area contributed by atoms with Gasteiger partial charge in [0.25, 0.3) is 0 Å². The molecule has 2 aromatic rings. The summed E-state index contributed by atoms with van der Waals surface area (Å²) in [6.07, 6.45) is 6.60. The Morgan fingerprint density at radius 2 is 1.76 bits per heavy atom. The summed E-state index contributed by atoms with van der Waals surface area (Å²) in [5.41, 5.74) is 2.82. The summed E-state index contributed by atoms with van der Waals surface area (Å²) in [5, 5.41) is 2.13. The zero-order valence-electron chi connectivity index (χ0n) is 10.5. The number of aryl methyl sites for hydroxylation is 1. The smallest absolute Gasteiger partial charge is 0.0342 e. The molecule has 0 N–H and O–H groups in total. The molecule has 0 nitrogen and oxygen atoms in total. The van der Waals surface area contributed by atoms with E-state index in [1.165, 1.54) is 48.1 Å². The van der Waals surface area contributed by atoms with Crippen LogP contribution >= 0.6 is 11.3 Å². The molecule has 17 heavy (non-hydrogen) atoms. The summed E-state index contributed by atoms with van der Waals surface area (Å²) in [6.45, 7) is 2.26. The molecule has 0 saturated heterocycles. The summed E-state index contributed by atoms with van der Waals surface area (Å²) in [6, 6.07) is 13.4. The third kappa shape index (κ3) is 3.71. The molecule has 1 heteroatoms. The van der Waals surface area contributed by atoms with E-state index in [0.717, 1.165) is 0 Å². The Kier molecular flexibility index (Phi) is 4.81. The first-order valence-corrected chi connectivity index (χ1v) is 7.41. The van der Waals surface area contributed by atoms with Gasteiger partial charge >= 0.3 is 0 Å². The standard InChI is InChI=1S/C16H20S/c1-2-3-4-5-7-14-9-11-15(12-10-14)16-8-6-13-17-16/h6,8-13H,2-5,7H2,1H3.